The molecule has 0 aromatic heterocycles. The minimum Gasteiger partial charge on any atom is -0.496 e. The summed E-state index contributed by atoms with van der Waals surface area (Å²) in [5.41, 5.74) is 1.15. The van der Waals surface area contributed by atoms with Crippen LogP contribution in [0.4, 0.5) is 0 Å². The summed E-state index contributed by atoms with van der Waals surface area (Å²) in [6.45, 7) is 0.985. The lowest BCUT2D eigenvalue weighted by molar-refractivity contribution is -0.121. The molecule has 0 fully saturated rings. The van der Waals surface area contributed by atoms with Crippen LogP contribution >= 0.6 is 0 Å². The summed E-state index contributed by atoms with van der Waals surface area (Å²) in [7, 11) is 4.59. The normalized spacial score (nSPS) is 9.95. The highest BCUT2D eigenvalue weighted by Crippen LogP contribution is 2.20. The second-order valence-corrected chi connectivity index (χ2v) is 4.16. The molecule has 0 aliphatic carbocycles. The second-order valence-electron chi connectivity index (χ2n) is 4.16. The first-order valence-corrected chi connectivity index (χ1v) is 6.29. The third-order valence-electron chi connectivity index (χ3n) is 2.76. The lowest BCUT2D eigenvalue weighted by atomic mass is 10.1. The predicted molar refractivity (Wildman–Crippen MR) is 74.7 cm³/mol. The number of amides is 1. The summed E-state index contributed by atoms with van der Waals surface area (Å²) < 4.78 is 9.80. The summed E-state index contributed by atoms with van der Waals surface area (Å²) >= 11 is 0. The van der Waals surface area contributed by atoms with Gasteiger partial charge in [-0.1, -0.05) is 6.07 Å². The van der Waals surface area contributed by atoms with E-state index in [1.165, 1.54) is 14.2 Å². The summed E-state index contributed by atoms with van der Waals surface area (Å²) in [5.74, 6) is -0.0675. The molecule has 6 nitrogen and oxygen atoms in total. The lowest BCUT2D eigenvalue weighted by Gasteiger charge is -2.10. The fourth-order valence-corrected chi connectivity index (χ4v) is 1.66. The number of carbonyl (C=O) groups is 2. The van der Waals surface area contributed by atoms with Crippen molar-refractivity contribution in [2.45, 2.75) is 13.0 Å². The largest absolute Gasteiger partial charge is 0.496 e. The molecule has 0 aliphatic rings. The number of nitrogens with one attached hydrogen (secondary N) is 2. The maximum atomic E-state index is 11.6. The lowest BCUT2D eigenvalue weighted by Crippen LogP contribution is -2.26. The second kappa shape index (κ2) is 8.16. The van der Waals surface area contributed by atoms with Gasteiger partial charge in [0.2, 0.25) is 5.91 Å². The van der Waals surface area contributed by atoms with E-state index in [2.05, 4.69) is 10.6 Å². The van der Waals surface area contributed by atoms with E-state index in [1.807, 2.05) is 0 Å². The van der Waals surface area contributed by atoms with Gasteiger partial charge >= 0.3 is 5.97 Å². The molecular formula is C14H20N2O4. The quantitative estimate of drug-likeness (QED) is 0.719. The van der Waals surface area contributed by atoms with Crippen molar-refractivity contribution in [3.8, 4) is 5.75 Å². The highest BCUT2D eigenvalue weighted by atomic mass is 16.5. The summed E-state index contributed by atoms with van der Waals surface area (Å²) in [4.78, 5) is 23.1. The van der Waals surface area contributed by atoms with Crippen molar-refractivity contribution in [1.82, 2.24) is 10.6 Å². The molecule has 2 N–H and O–H groups in total. The SMILES string of the molecule is CNCCC(=O)NCc1ccc(OC)c(C(=O)OC)c1. The highest BCUT2D eigenvalue weighted by molar-refractivity contribution is 5.92. The molecule has 0 heterocycles. The van der Waals surface area contributed by atoms with E-state index in [0.717, 1.165) is 5.56 Å². The first-order chi connectivity index (χ1) is 9.62. The maximum Gasteiger partial charge on any atom is 0.341 e. The Kier molecular flexibility index (Phi) is 6.52. The molecule has 1 amide bonds. The number of rotatable bonds is 7. The molecule has 0 bridgehead atoms. The number of hydrogen-bond acceptors (Lipinski definition) is 5. The molecule has 0 spiro atoms. The molecule has 0 saturated heterocycles. The molecule has 6 heteroatoms. The van der Waals surface area contributed by atoms with Crippen molar-refractivity contribution < 1.29 is 19.1 Å². The van der Waals surface area contributed by atoms with Gasteiger partial charge in [-0.15, -0.1) is 0 Å². The van der Waals surface area contributed by atoms with Crippen molar-refractivity contribution in [2.75, 3.05) is 27.8 Å². The summed E-state index contributed by atoms with van der Waals surface area (Å²) in [6, 6.07) is 5.13. The van der Waals surface area contributed by atoms with Crippen LogP contribution in [-0.2, 0) is 16.1 Å². The first-order valence-electron chi connectivity index (χ1n) is 6.29. The van der Waals surface area contributed by atoms with Crippen molar-refractivity contribution >= 4 is 11.9 Å². The number of methoxy groups -OCH3 is 2. The van der Waals surface area contributed by atoms with Gasteiger partial charge in [0.1, 0.15) is 11.3 Å². The van der Waals surface area contributed by atoms with E-state index in [-0.39, 0.29) is 5.91 Å². The number of ether oxygens (including phenoxy) is 2. The fourth-order valence-electron chi connectivity index (χ4n) is 1.66. The Labute approximate surface area is 118 Å². The van der Waals surface area contributed by atoms with Gasteiger partial charge < -0.3 is 20.1 Å². The number of hydrogen-bond donors (Lipinski definition) is 2. The molecule has 110 valence electrons. The molecule has 1 rings (SSSR count). The van der Waals surface area contributed by atoms with E-state index in [4.69, 9.17) is 9.47 Å². The Hall–Kier alpha value is -2.08. The van der Waals surface area contributed by atoms with Gasteiger partial charge in [-0.05, 0) is 24.7 Å². The minimum atomic E-state index is -0.467. The molecular weight excluding hydrogens is 260 g/mol. The van der Waals surface area contributed by atoms with Gasteiger partial charge in [0.05, 0.1) is 14.2 Å². The molecule has 1 aromatic carbocycles. The number of carbonyl (C=O) groups excluding carboxylic acids is 2. The predicted octanol–water partition coefficient (Wildman–Crippen LogP) is 0.707. The van der Waals surface area contributed by atoms with Crippen LogP contribution in [0.1, 0.15) is 22.3 Å². The summed E-state index contributed by atoms with van der Waals surface area (Å²) in [6.07, 6.45) is 0.413. The topological polar surface area (TPSA) is 76.7 Å². The van der Waals surface area contributed by atoms with E-state index in [9.17, 15) is 9.59 Å². The Bertz CT molecular complexity index is 474. The van der Waals surface area contributed by atoms with Crippen LogP contribution in [0.5, 0.6) is 5.75 Å². The van der Waals surface area contributed by atoms with E-state index < -0.39 is 5.97 Å². The van der Waals surface area contributed by atoms with E-state index >= 15 is 0 Å². The zero-order chi connectivity index (χ0) is 15.0. The molecule has 0 radical (unpaired) electrons. The van der Waals surface area contributed by atoms with Gasteiger partial charge in [0.15, 0.2) is 0 Å². The van der Waals surface area contributed by atoms with Crippen LogP contribution in [0.25, 0.3) is 0 Å². The monoisotopic (exact) mass is 280 g/mol. The molecule has 0 atom stereocenters. The molecule has 0 unspecified atom stereocenters. The van der Waals surface area contributed by atoms with Crippen LogP contribution in [0.2, 0.25) is 0 Å². The van der Waals surface area contributed by atoms with Gasteiger partial charge in [-0.25, -0.2) is 4.79 Å². The van der Waals surface area contributed by atoms with Gasteiger partial charge in [0, 0.05) is 19.5 Å². The first kappa shape index (κ1) is 16.0. The van der Waals surface area contributed by atoms with Crippen LogP contribution in [0, 0.1) is 0 Å². The van der Waals surface area contributed by atoms with Crippen molar-refractivity contribution in [2.24, 2.45) is 0 Å². The van der Waals surface area contributed by atoms with Gasteiger partial charge in [0.25, 0.3) is 0 Å². The average molecular weight is 280 g/mol. The van der Waals surface area contributed by atoms with Crippen LogP contribution in [0.3, 0.4) is 0 Å². The maximum absolute atomic E-state index is 11.6. The van der Waals surface area contributed by atoms with Crippen molar-refractivity contribution in [3.05, 3.63) is 29.3 Å². The molecule has 0 saturated carbocycles. The smallest absolute Gasteiger partial charge is 0.341 e. The standard InChI is InChI=1S/C14H20N2O4/c1-15-7-6-13(17)16-9-10-4-5-12(19-2)11(8-10)14(18)20-3/h4-5,8,15H,6-7,9H2,1-3H3,(H,16,17). The zero-order valence-electron chi connectivity index (χ0n) is 12.0. The third kappa shape index (κ3) is 4.55. The molecule has 1 aromatic rings. The summed E-state index contributed by atoms with van der Waals surface area (Å²) in [5, 5.41) is 5.69. The molecule has 0 aliphatic heterocycles. The number of esters is 1. The van der Waals surface area contributed by atoms with Crippen molar-refractivity contribution in [1.29, 1.82) is 0 Å². The van der Waals surface area contributed by atoms with Crippen LogP contribution in [0.15, 0.2) is 18.2 Å². The van der Waals surface area contributed by atoms with Gasteiger partial charge in [-0.3, -0.25) is 4.79 Å². The Morgan fingerprint density at radius 3 is 2.60 bits per heavy atom. The van der Waals surface area contributed by atoms with E-state index in [0.29, 0.717) is 30.8 Å². The third-order valence-corrected chi connectivity index (χ3v) is 2.76. The van der Waals surface area contributed by atoms with Gasteiger partial charge in [-0.2, -0.15) is 0 Å². The average Bonchev–Trinajstić information content (AvgIpc) is 2.49. The highest BCUT2D eigenvalue weighted by Gasteiger charge is 2.13. The Morgan fingerprint density at radius 1 is 1.25 bits per heavy atom. The Balaban J connectivity index is 2.72. The van der Waals surface area contributed by atoms with E-state index in [1.54, 1.807) is 25.2 Å². The van der Waals surface area contributed by atoms with Crippen molar-refractivity contribution in [3.63, 3.8) is 0 Å². The minimum absolute atomic E-state index is 0.0465. The Morgan fingerprint density at radius 2 is 2.00 bits per heavy atom. The van der Waals surface area contributed by atoms with Crippen LogP contribution < -0.4 is 15.4 Å². The number of benzene rings is 1. The molecule has 20 heavy (non-hydrogen) atoms. The fraction of sp³-hybridized carbons (Fsp3) is 0.429. The van der Waals surface area contributed by atoms with Crippen LogP contribution in [-0.4, -0.2) is 39.7 Å². The zero-order valence-corrected chi connectivity index (χ0v) is 12.0.